The summed E-state index contributed by atoms with van der Waals surface area (Å²) in [6.45, 7) is 5.65. The van der Waals surface area contributed by atoms with Crippen LogP contribution in [0.3, 0.4) is 0 Å². The Bertz CT molecular complexity index is 1050. The Hall–Kier alpha value is -3.69. The van der Waals surface area contributed by atoms with E-state index in [1.54, 1.807) is 13.2 Å². The normalized spacial score (nSPS) is 10.7. The van der Waals surface area contributed by atoms with E-state index in [0.29, 0.717) is 11.4 Å². The number of nitrogens with zero attached hydrogens (tertiary/aromatic N) is 5. The van der Waals surface area contributed by atoms with Crippen LogP contribution in [-0.2, 0) is 13.8 Å². The third-order valence-electron chi connectivity index (χ3n) is 4.27. The quantitative estimate of drug-likeness (QED) is 0.516. The molecular weight excluding hydrogens is 364 g/mol. The molecule has 0 aliphatic rings. The number of hydrogen-bond acceptors (Lipinski definition) is 6. The standard InChI is InChI=1S/C18H20N6O4/c1-11-5-6-15(12(2)7-11)28-10-23-9-14(8-19-23)20-18(25)16-17(24(26)27)13(3)22(4)21-16/h5-9H,10H2,1-4H3,(H,20,25). The molecule has 1 amide bonds. The summed E-state index contributed by atoms with van der Waals surface area (Å²) in [5.41, 5.74) is 2.28. The number of aryl methyl sites for hydroxylation is 3. The van der Waals surface area contributed by atoms with Crippen molar-refractivity contribution < 1.29 is 14.5 Å². The predicted octanol–water partition coefficient (Wildman–Crippen LogP) is 2.74. The van der Waals surface area contributed by atoms with Gasteiger partial charge in [-0.2, -0.15) is 10.2 Å². The smallest absolute Gasteiger partial charge is 0.322 e. The van der Waals surface area contributed by atoms with Gasteiger partial charge in [0.25, 0.3) is 5.91 Å². The summed E-state index contributed by atoms with van der Waals surface area (Å²) in [5, 5.41) is 21.9. The molecular formula is C18H20N6O4. The second-order valence-electron chi connectivity index (χ2n) is 6.43. The minimum Gasteiger partial charge on any atom is -0.471 e. The zero-order valence-corrected chi connectivity index (χ0v) is 16.0. The molecule has 3 rings (SSSR count). The number of aromatic nitrogens is 4. The number of ether oxygens (including phenoxy) is 1. The first-order chi connectivity index (χ1) is 13.3. The molecule has 0 atom stereocenters. The summed E-state index contributed by atoms with van der Waals surface area (Å²) in [4.78, 5) is 23.0. The molecule has 0 aliphatic carbocycles. The highest BCUT2D eigenvalue weighted by molar-refractivity contribution is 6.05. The van der Waals surface area contributed by atoms with E-state index in [1.807, 2.05) is 32.0 Å². The lowest BCUT2D eigenvalue weighted by molar-refractivity contribution is -0.385. The monoisotopic (exact) mass is 384 g/mol. The molecule has 2 aromatic heterocycles. The fourth-order valence-electron chi connectivity index (χ4n) is 2.75. The summed E-state index contributed by atoms with van der Waals surface area (Å²) >= 11 is 0. The van der Waals surface area contributed by atoms with E-state index in [-0.39, 0.29) is 18.1 Å². The van der Waals surface area contributed by atoms with Gasteiger partial charge in [-0.25, -0.2) is 4.68 Å². The van der Waals surface area contributed by atoms with Crippen LogP contribution in [0.2, 0.25) is 0 Å². The molecule has 2 heterocycles. The van der Waals surface area contributed by atoms with Gasteiger partial charge in [-0.05, 0) is 32.4 Å². The first-order valence-corrected chi connectivity index (χ1v) is 8.48. The second kappa shape index (κ2) is 7.51. The third kappa shape index (κ3) is 3.85. The van der Waals surface area contributed by atoms with Crippen molar-refractivity contribution in [2.24, 2.45) is 7.05 Å². The molecule has 1 aromatic carbocycles. The van der Waals surface area contributed by atoms with Crippen LogP contribution in [0.5, 0.6) is 5.75 Å². The van der Waals surface area contributed by atoms with Crippen molar-refractivity contribution >= 4 is 17.3 Å². The van der Waals surface area contributed by atoms with Gasteiger partial charge in [-0.3, -0.25) is 19.6 Å². The van der Waals surface area contributed by atoms with Gasteiger partial charge in [0.2, 0.25) is 5.69 Å². The van der Waals surface area contributed by atoms with Crippen molar-refractivity contribution in [1.82, 2.24) is 19.6 Å². The van der Waals surface area contributed by atoms with Gasteiger partial charge in [0.1, 0.15) is 11.4 Å². The Morgan fingerprint density at radius 2 is 2.07 bits per heavy atom. The number of anilines is 1. The zero-order chi connectivity index (χ0) is 20.4. The summed E-state index contributed by atoms with van der Waals surface area (Å²) in [6, 6.07) is 5.87. The topological polar surface area (TPSA) is 117 Å². The Balaban J connectivity index is 1.69. The van der Waals surface area contributed by atoms with Crippen LogP contribution in [-0.4, -0.2) is 30.4 Å². The average Bonchev–Trinajstić information content (AvgIpc) is 3.18. The van der Waals surface area contributed by atoms with Crippen LogP contribution in [0.4, 0.5) is 11.4 Å². The van der Waals surface area contributed by atoms with Crippen molar-refractivity contribution in [3.63, 3.8) is 0 Å². The number of carbonyl (C=O) groups is 1. The third-order valence-corrected chi connectivity index (χ3v) is 4.27. The van der Waals surface area contributed by atoms with Crippen LogP contribution in [0.25, 0.3) is 0 Å². The van der Waals surface area contributed by atoms with Crippen molar-refractivity contribution in [2.75, 3.05) is 5.32 Å². The van der Waals surface area contributed by atoms with E-state index in [9.17, 15) is 14.9 Å². The van der Waals surface area contributed by atoms with Gasteiger partial charge in [0.05, 0.1) is 23.0 Å². The second-order valence-corrected chi connectivity index (χ2v) is 6.43. The highest BCUT2D eigenvalue weighted by Crippen LogP contribution is 2.23. The molecule has 28 heavy (non-hydrogen) atoms. The Labute approximate surface area is 160 Å². The summed E-state index contributed by atoms with van der Waals surface area (Å²) < 4.78 is 8.54. The van der Waals surface area contributed by atoms with Gasteiger partial charge in [-0.1, -0.05) is 17.7 Å². The highest BCUT2D eigenvalue weighted by atomic mass is 16.6. The summed E-state index contributed by atoms with van der Waals surface area (Å²) in [5.74, 6) is 0.0662. The minimum atomic E-state index is -0.676. The van der Waals surface area contributed by atoms with Crippen LogP contribution in [0, 0.1) is 30.9 Å². The van der Waals surface area contributed by atoms with E-state index in [0.717, 1.165) is 16.9 Å². The van der Waals surface area contributed by atoms with Crippen molar-refractivity contribution in [1.29, 1.82) is 0 Å². The van der Waals surface area contributed by atoms with Gasteiger partial charge in [0.15, 0.2) is 6.73 Å². The van der Waals surface area contributed by atoms with Crippen LogP contribution >= 0.6 is 0 Å². The Morgan fingerprint density at radius 1 is 1.32 bits per heavy atom. The summed E-state index contributed by atoms with van der Waals surface area (Å²) in [7, 11) is 1.54. The number of benzene rings is 1. The lowest BCUT2D eigenvalue weighted by Gasteiger charge is -2.09. The van der Waals surface area contributed by atoms with E-state index in [1.165, 1.54) is 22.5 Å². The maximum atomic E-state index is 12.4. The number of rotatable bonds is 6. The highest BCUT2D eigenvalue weighted by Gasteiger charge is 2.29. The Morgan fingerprint density at radius 3 is 2.75 bits per heavy atom. The average molecular weight is 384 g/mol. The first kappa shape index (κ1) is 19.1. The Kier molecular flexibility index (Phi) is 5.12. The minimum absolute atomic E-state index is 0.155. The fraction of sp³-hybridized carbons (Fsp3) is 0.278. The van der Waals surface area contributed by atoms with Crippen LogP contribution in [0.15, 0.2) is 30.6 Å². The molecule has 0 radical (unpaired) electrons. The van der Waals surface area contributed by atoms with Gasteiger partial charge in [-0.15, -0.1) is 0 Å². The van der Waals surface area contributed by atoms with Crippen molar-refractivity contribution in [3.8, 4) is 5.75 Å². The van der Waals surface area contributed by atoms with E-state index in [2.05, 4.69) is 15.5 Å². The SMILES string of the molecule is Cc1ccc(OCn2cc(NC(=O)c3nn(C)c(C)c3[N+](=O)[O-])cn2)c(C)c1. The van der Waals surface area contributed by atoms with Gasteiger partial charge in [0, 0.05) is 7.05 Å². The van der Waals surface area contributed by atoms with Crippen LogP contribution in [0.1, 0.15) is 27.3 Å². The molecule has 0 fully saturated rings. The van der Waals surface area contributed by atoms with Gasteiger partial charge < -0.3 is 10.1 Å². The van der Waals surface area contributed by atoms with E-state index in [4.69, 9.17) is 4.74 Å². The largest absolute Gasteiger partial charge is 0.471 e. The van der Waals surface area contributed by atoms with E-state index >= 15 is 0 Å². The molecule has 0 bridgehead atoms. The molecule has 0 saturated heterocycles. The summed E-state index contributed by atoms with van der Waals surface area (Å²) in [6.07, 6.45) is 3.01. The van der Waals surface area contributed by atoms with Crippen LogP contribution < -0.4 is 10.1 Å². The van der Waals surface area contributed by atoms with E-state index < -0.39 is 10.8 Å². The number of hydrogen-bond donors (Lipinski definition) is 1. The molecule has 10 heteroatoms. The molecule has 0 aliphatic heterocycles. The molecule has 0 spiro atoms. The number of nitrogens with one attached hydrogen (secondary N) is 1. The van der Waals surface area contributed by atoms with Crippen molar-refractivity contribution in [3.05, 3.63) is 63.2 Å². The molecule has 10 nitrogen and oxygen atoms in total. The fourth-order valence-corrected chi connectivity index (χ4v) is 2.75. The first-order valence-electron chi connectivity index (χ1n) is 8.48. The van der Waals surface area contributed by atoms with Crippen molar-refractivity contribution in [2.45, 2.75) is 27.5 Å². The molecule has 0 saturated carbocycles. The number of nitro groups is 1. The lowest BCUT2D eigenvalue weighted by atomic mass is 10.1. The van der Waals surface area contributed by atoms with Gasteiger partial charge >= 0.3 is 5.69 Å². The number of carbonyl (C=O) groups excluding carboxylic acids is 1. The maximum absolute atomic E-state index is 12.4. The molecule has 0 unspecified atom stereocenters. The molecule has 146 valence electrons. The lowest BCUT2D eigenvalue weighted by Crippen LogP contribution is -2.14. The maximum Gasteiger partial charge on any atom is 0.322 e. The predicted molar refractivity (Wildman–Crippen MR) is 101 cm³/mol. The molecule has 1 N–H and O–H groups in total. The zero-order valence-electron chi connectivity index (χ0n) is 16.0. The molecule has 3 aromatic rings. The number of amides is 1.